The van der Waals surface area contributed by atoms with Gasteiger partial charge < -0.3 is 5.32 Å². The van der Waals surface area contributed by atoms with Crippen LogP contribution < -0.4 is 5.32 Å². The molecule has 0 fully saturated rings. The number of benzene rings is 1. The van der Waals surface area contributed by atoms with E-state index < -0.39 is 0 Å². The summed E-state index contributed by atoms with van der Waals surface area (Å²) >= 11 is 2.07. The van der Waals surface area contributed by atoms with Crippen molar-refractivity contribution in [2.75, 3.05) is 6.54 Å². The molecule has 1 nitrogen and oxygen atoms in total. The lowest BCUT2D eigenvalue weighted by atomic mass is 9.86. The van der Waals surface area contributed by atoms with Crippen molar-refractivity contribution in [3.63, 3.8) is 0 Å². The van der Waals surface area contributed by atoms with E-state index in [-0.39, 0.29) is 4.75 Å². The maximum atomic E-state index is 3.68. The molecule has 0 radical (unpaired) electrons. The Hall–Kier alpha value is -0.470. The molecular weight excluding hydrogens is 226 g/mol. The van der Waals surface area contributed by atoms with Crippen LogP contribution in [-0.4, -0.2) is 11.3 Å². The zero-order chi connectivity index (χ0) is 12.6. The second kappa shape index (κ2) is 4.66. The highest BCUT2D eigenvalue weighted by Gasteiger charge is 2.37. The van der Waals surface area contributed by atoms with Crippen LogP contribution in [0.3, 0.4) is 0 Å². The van der Waals surface area contributed by atoms with Crippen LogP contribution in [0, 0.1) is 13.8 Å². The highest BCUT2D eigenvalue weighted by Crippen LogP contribution is 2.47. The van der Waals surface area contributed by atoms with Gasteiger partial charge in [-0.05, 0) is 56.5 Å². The smallest absolute Gasteiger partial charge is 0.0469 e. The third kappa shape index (κ3) is 2.25. The number of nitrogens with one attached hydrogen (secondary N) is 1. The van der Waals surface area contributed by atoms with E-state index in [4.69, 9.17) is 0 Å². The minimum absolute atomic E-state index is 0.279. The SMILES string of the molecule is CCNC1c2c(C)ccc(C)c2CSC1(C)C. The van der Waals surface area contributed by atoms with E-state index >= 15 is 0 Å². The molecule has 0 saturated carbocycles. The highest BCUT2D eigenvalue weighted by atomic mass is 32.2. The molecule has 0 aromatic heterocycles. The Bertz CT molecular complexity index is 423. The third-order valence-electron chi connectivity index (χ3n) is 3.79. The number of rotatable bonds is 2. The second-order valence-electron chi connectivity index (χ2n) is 5.47. The van der Waals surface area contributed by atoms with Crippen LogP contribution in [0.1, 0.15) is 49.1 Å². The fourth-order valence-electron chi connectivity index (χ4n) is 2.73. The highest BCUT2D eigenvalue weighted by molar-refractivity contribution is 8.00. The third-order valence-corrected chi connectivity index (χ3v) is 5.20. The average Bonchev–Trinajstić information content (AvgIpc) is 2.27. The lowest BCUT2D eigenvalue weighted by Crippen LogP contribution is -2.40. The topological polar surface area (TPSA) is 12.0 Å². The van der Waals surface area contributed by atoms with Crippen molar-refractivity contribution in [2.45, 2.75) is 51.2 Å². The van der Waals surface area contributed by atoms with Crippen LogP contribution in [0.4, 0.5) is 0 Å². The maximum Gasteiger partial charge on any atom is 0.0469 e. The van der Waals surface area contributed by atoms with E-state index in [1.165, 1.54) is 11.1 Å². The second-order valence-corrected chi connectivity index (χ2v) is 7.10. The van der Waals surface area contributed by atoms with Gasteiger partial charge in [-0.3, -0.25) is 0 Å². The summed E-state index contributed by atoms with van der Waals surface area (Å²) in [6.45, 7) is 12.4. The predicted molar refractivity (Wildman–Crippen MR) is 77.7 cm³/mol. The summed E-state index contributed by atoms with van der Waals surface area (Å²) < 4.78 is 0.279. The van der Waals surface area contributed by atoms with Gasteiger partial charge in [-0.15, -0.1) is 11.8 Å². The van der Waals surface area contributed by atoms with Crippen LogP contribution in [-0.2, 0) is 5.75 Å². The monoisotopic (exact) mass is 249 g/mol. The van der Waals surface area contributed by atoms with Crippen molar-refractivity contribution in [3.05, 3.63) is 34.4 Å². The van der Waals surface area contributed by atoms with Crippen LogP contribution in [0.25, 0.3) is 0 Å². The molecule has 1 atom stereocenters. The average molecular weight is 249 g/mol. The van der Waals surface area contributed by atoms with E-state index in [1.807, 2.05) is 0 Å². The fraction of sp³-hybridized carbons (Fsp3) is 0.600. The van der Waals surface area contributed by atoms with Crippen LogP contribution in [0.15, 0.2) is 12.1 Å². The Labute approximate surface area is 109 Å². The van der Waals surface area contributed by atoms with Gasteiger partial charge >= 0.3 is 0 Å². The molecule has 1 heterocycles. The quantitative estimate of drug-likeness (QED) is 0.851. The molecule has 0 amide bonds. The molecule has 1 unspecified atom stereocenters. The maximum absolute atomic E-state index is 3.68. The molecule has 0 bridgehead atoms. The van der Waals surface area contributed by atoms with Gasteiger partial charge in [0.1, 0.15) is 0 Å². The molecule has 1 aromatic rings. The van der Waals surface area contributed by atoms with Gasteiger partial charge in [-0.1, -0.05) is 19.1 Å². The zero-order valence-electron chi connectivity index (χ0n) is 11.6. The van der Waals surface area contributed by atoms with Crippen molar-refractivity contribution >= 4 is 11.8 Å². The van der Waals surface area contributed by atoms with E-state index in [0.717, 1.165) is 12.3 Å². The van der Waals surface area contributed by atoms with Gasteiger partial charge in [-0.2, -0.15) is 0 Å². The molecule has 1 aliphatic heterocycles. The molecule has 1 N–H and O–H groups in total. The summed E-state index contributed by atoms with van der Waals surface area (Å²) in [4.78, 5) is 0. The van der Waals surface area contributed by atoms with Gasteiger partial charge in [0.25, 0.3) is 0 Å². The minimum Gasteiger partial charge on any atom is -0.309 e. The molecule has 2 heteroatoms. The normalized spacial score (nSPS) is 22.3. The van der Waals surface area contributed by atoms with Crippen molar-refractivity contribution < 1.29 is 0 Å². The minimum atomic E-state index is 0.279. The number of hydrogen-bond acceptors (Lipinski definition) is 2. The first-order valence-electron chi connectivity index (χ1n) is 6.43. The largest absolute Gasteiger partial charge is 0.309 e. The molecule has 17 heavy (non-hydrogen) atoms. The number of aryl methyl sites for hydroxylation is 2. The Kier molecular flexibility index (Phi) is 3.55. The summed E-state index contributed by atoms with van der Waals surface area (Å²) in [5, 5.41) is 3.68. The summed E-state index contributed by atoms with van der Waals surface area (Å²) in [7, 11) is 0. The van der Waals surface area contributed by atoms with Gasteiger partial charge in [0.15, 0.2) is 0 Å². The van der Waals surface area contributed by atoms with Crippen molar-refractivity contribution in [3.8, 4) is 0 Å². The standard InChI is InChI=1S/C15H23NS/c1-6-16-14-13-11(3)8-7-10(2)12(13)9-17-15(14,4)5/h7-8,14,16H,6,9H2,1-5H3. The molecular formula is C15H23NS. The summed E-state index contributed by atoms with van der Waals surface area (Å²) in [5.74, 6) is 1.15. The van der Waals surface area contributed by atoms with Crippen LogP contribution in [0.2, 0.25) is 0 Å². The van der Waals surface area contributed by atoms with Crippen molar-refractivity contribution in [2.24, 2.45) is 0 Å². The van der Waals surface area contributed by atoms with E-state index in [2.05, 4.69) is 63.8 Å². The molecule has 2 rings (SSSR count). The molecule has 94 valence electrons. The fourth-order valence-corrected chi connectivity index (χ4v) is 3.99. The first kappa shape index (κ1) is 13.0. The first-order chi connectivity index (χ1) is 7.97. The van der Waals surface area contributed by atoms with Crippen LogP contribution in [0.5, 0.6) is 0 Å². The van der Waals surface area contributed by atoms with Gasteiger partial charge in [0.2, 0.25) is 0 Å². The molecule has 0 aliphatic carbocycles. The summed E-state index contributed by atoms with van der Waals surface area (Å²) in [5.41, 5.74) is 5.98. The van der Waals surface area contributed by atoms with E-state index in [9.17, 15) is 0 Å². The Morgan fingerprint density at radius 1 is 1.29 bits per heavy atom. The predicted octanol–water partition coefficient (Wildman–Crippen LogP) is 3.98. The Balaban J connectivity index is 2.55. The van der Waals surface area contributed by atoms with Gasteiger partial charge in [0.05, 0.1) is 0 Å². The molecule has 0 saturated heterocycles. The summed E-state index contributed by atoms with van der Waals surface area (Å²) in [6.07, 6.45) is 0. The van der Waals surface area contributed by atoms with Gasteiger partial charge in [-0.25, -0.2) is 0 Å². The molecule has 1 aromatic carbocycles. The van der Waals surface area contributed by atoms with Crippen LogP contribution >= 0.6 is 11.8 Å². The molecule has 0 spiro atoms. The Morgan fingerprint density at radius 2 is 1.94 bits per heavy atom. The zero-order valence-corrected chi connectivity index (χ0v) is 12.4. The summed E-state index contributed by atoms with van der Waals surface area (Å²) in [6, 6.07) is 5.00. The molecule has 1 aliphatic rings. The van der Waals surface area contributed by atoms with Crippen molar-refractivity contribution in [1.82, 2.24) is 5.32 Å². The number of hydrogen-bond donors (Lipinski definition) is 1. The van der Waals surface area contributed by atoms with Gasteiger partial charge in [0, 0.05) is 16.5 Å². The lowest BCUT2D eigenvalue weighted by molar-refractivity contribution is 0.448. The van der Waals surface area contributed by atoms with E-state index in [0.29, 0.717) is 6.04 Å². The Morgan fingerprint density at radius 3 is 2.59 bits per heavy atom. The number of fused-ring (bicyclic) bond motifs is 1. The van der Waals surface area contributed by atoms with Crippen molar-refractivity contribution in [1.29, 1.82) is 0 Å². The first-order valence-corrected chi connectivity index (χ1v) is 7.42. The lowest BCUT2D eigenvalue weighted by Gasteiger charge is -2.41. The van der Waals surface area contributed by atoms with E-state index in [1.54, 1.807) is 11.1 Å². The number of thioether (sulfide) groups is 1.